The largest absolute Gasteiger partial charge is 0.369 e. The summed E-state index contributed by atoms with van der Waals surface area (Å²) >= 11 is 0. The van der Waals surface area contributed by atoms with Gasteiger partial charge in [0.05, 0.1) is 5.69 Å². The molecule has 0 unspecified atom stereocenters. The molecule has 1 N–H and O–H groups in total. The summed E-state index contributed by atoms with van der Waals surface area (Å²) in [4.78, 5) is 7.19. The molecular weight excluding hydrogens is 272 g/mol. The molecule has 112 valence electrons. The van der Waals surface area contributed by atoms with Crippen molar-refractivity contribution < 1.29 is 0 Å². The molecule has 0 bridgehead atoms. The van der Waals surface area contributed by atoms with Crippen LogP contribution in [0.5, 0.6) is 0 Å². The summed E-state index contributed by atoms with van der Waals surface area (Å²) < 4.78 is 2.09. The number of piperazine rings is 1. The van der Waals surface area contributed by atoms with E-state index in [1.807, 2.05) is 6.20 Å². The maximum Gasteiger partial charge on any atom is 0.140 e. The zero-order chi connectivity index (χ0) is 14.9. The predicted molar refractivity (Wildman–Crippen MR) is 90.4 cm³/mol. The number of rotatable bonds is 2. The Morgan fingerprint density at radius 2 is 1.82 bits per heavy atom. The Morgan fingerprint density at radius 3 is 2.55 bits per heavy atom. The summed E-state index contributed by atoms with van der Waals surface area (Å²) in [6, 6.07) is 12.9. The van der Waals surface area contributed by atoms with Crippen LogP contribution in [-0.2, 0) is 0 Å². The van der Waals surface area contributed by atoms with E-state index in [4.69, 9.17) is 4.98 Å². The molecule has 1 aliphatic rings. The van der Waals surface area contributed by atoms with Gasteiger partial charge in [0.15, 0.2) is 0 Å². The first-order chi connectivity index (χ1) is 10.8. The zero-order valence-electron chi connectivity index (χ0n) is 12.8. The van der Waals surface area contributed by atoms with E-state index >= 15 is 0 Å². The quantitative estimate of drug-likeness (QED) is 0.788. The Hall–Kier alpha value is -2.33. The number of aryl methyl sites for hydroxylation is 1. The van der Waals surface area contributed by atoms with Crippen molar-refractivity contribution >= 4 is 11.3 Å². The fourth-order valence-corrected chi connectivity index (χ4v) is 3.06. The maximum absolute atomic E-state index is 4.76. The number of imidazole rings is 1. The molecule has 0 spiro atoms. The standard InChI is InChI=1S/C18H20N4/c1-14-3-2-10-22-13-17(20-18(14)22)15-4-6-16(7-5-15)21-11-8-19-9-12-21/h2-7,10,13,19H,8-9,11-12H2,1H3. The molecule has 1 fully saturated rings. The molecule has 0 aliphatic carbocycles. The first kappa shape index (κ1) is 13.3. The van der Waals surface area contributed by atoms with Crippen LogP contribution in [0.25, 0.3) is 16.9 Å². The van der Waals surface area contributed by atoms with E-state index in [2.05, 4.69) is 64.1 Å². The number of nitrogens with one attached hydrogen (secondary N) is 1. The van der Waals surface area contributed by atoms with Crippen molar-refractivity contribution in [3.8, 4) is 11.3 Å². The first-order valence-corrected chi connectivity index (χ1v) is 7.82. The van der Waals surface area contributed by atoms with Gasteiger partial charge in [-0.3, -0.25) is 0 Å². The van der Waals surface area contributed by atoms with E-state index in [9.17, 15) is 0 Å². The third-order valence-electron chi connectivity index (χ3n) is 4.32. The van der Waals surface area contributed by atoms with Crippen LogP contribution in [0.1, 0.15) is 5.56 Å². The van der Waals surface area contributed by atoms with Crippen molar-refractivity contribution in [2.24, 2.45) is 0 Å². The third-order valence-corrected chi connectivity index (χ3v) is 4.32. The number of nitrogens with zero attached hydrogens (tertiary/aromatic N) is 3. The van der Waals surface area contributed by atoms with Crippen LogP contribution in [0.4, 0.5) is 5.69 Å². The summed E-state index contributed by atoms with van der Waals surface area (Å²) in [5, 5.41) is 3.39. The summed E-state index contributed by atoms with van der Waals surface area (Å²) in [7, 11) is 0. The van der Waals surface area contributed by atoms with Crippen molar-refractivity contribution in [3.05, 3.63) is 54.4 Å². The molecule has 3 aromatic rings. The van der Waals surface area contributed by atoms with Crippen LogP contribution in [0.2, 0.25) is 0 Å². The molecule has 4 heteroatoms. The highest BCUT2D eigenvalue weighted by atomic mass is 15.2. The van der Waals surface area contributed by atoms with Gasteiger partial charge in [0.2, 0.25) is 0 Å². The van der Waals surface area contributed by atoms with Gasteiger partial charge in [-0.05, 0) is 30.7 Å². The fourth-order valence-electron chi connectivity index (χ4n) is 3.06. The Balaban J connectivity index is 1.65. The van der Waals surface area contributed by atoms with Crippen LogP contribution in [0, 0.1) is 6.92 Å². The highest BCUT2D eigenvalue weighted by Gasteiger charge is 2.11. The Kier molecular flexibility index (Phi) is 3.31. The predicted octanol–water partition coefficient (Wildman–Crippen LogP) is 2.72. The van der Waals surface area contributed by atoms with Gasteiger partial charge < -0.3 is 14.6 Å². The number of hydrogen-bond donors (Lipinski definition) is 1. The lowest BCUT2D eigenvalue weighted by molar-refractivity contribution is 0.589. The first-order valence-electron chi connectivity index (χ1n) is 7.82. The van der Waals surface area contributed by atoms with Crippen LogP contribution in [0.3, 0.4) is 0 Å². The van der Waals surface area contributed by atoms with Crippen molar-refractivity contribution in [1.82, 2.24) is 14.7 Å². The van der Waals surface area contributed by atoms with Crippen LogP contribution in [0.15, 0.2) is 48.8 Å². The molecule has 4 nitrogen and oxygen atoms in total. The van der Waals surface area contributed by atoms with E-state index in [0.29, 0.717) is 0 Å². The molecular formula is C18H20N4. The topological polar surface area (TPSA) is 32.6 Å². The average molecular weight is 292 g/mol. The van der Waals surface area contributed by atoms with Crippen LogP contribution < -0.4 is 10.2 Å². The number of aromatic nitrogens is 2. The second-order valence-corrected chi connectivity index (χ2v) is 5.83. The number of pyridine rings is 1. The molecule has 3 heterocycles. The Bertz CT molecular complexity index is 782. The van der Waals surface area contributed by atoms with E-state index in [1.165, 1.54) is 16.8 Å². The number of benzene rings is 1. The monoisotopic (exact) mass is 292 g/mol. The molecule has 0 amide bonds. The highest BCUT2D eigenvalue weighted by molar-refractivity contribution is 5.66. The number of anilines is 1. The fraction of sp³-hybridized carbons (Fsp3) is 0.278. The van der Waals surface area contributed by atoms with Gasteiger partial charge in [-0.1, -0.05) is 18.2 Å². The van der Waals surface area contributed by atoms with Crippen molar-refractivity contribution in [1.29, 1.82) is 0 Å². The SMILES string of the molecule is Cc1cccn2cc(-c3ccc(N4CCNCC4)cc3)nc12. The number of hydrogen-bond acceptors (Lipinski definition) is 3. The lowest BCUT2D eigenvalue weighted by Gasteiger charge is -2.29. The van der Waals surface area contributed by atoms with Crippen molar-refractivity contribution in [2.75, 3.05) is 31.1 Å². The maximum atomic E-state index is 4.76. The van der Waals surface area contributed by atoms with Gasteiger partial charge in [0.1, 0.15) is 5.65 Å². The van der Waals surface area contributed by atoms with Crippen LogP contribution >= 0.6 is 0 Å². The molecule has 0 atom stereocenters. The van der Waals surface area contributed by atoms with Crippen LogP contribution in [-0.4, -0.2) is 35.6 Å². The molecule has 1 aromatic carbocycles. The summed E-state index contributed by atoms with van der Waals surface area (Å²) in [5.74, 6) is 0. The smallest absolute Gasteiger partial charge is 0.140 e. The molecule has 2 aromatic heterocycles. The molecule has 4 rings (SSSR count). The second-order valence-electron chi connectivity index (χ2n) is 5.83. The van der Waals surface area contributed by atoms with Gasteiger partial charge in [-0.25, -0.2) is 4.98 Å². The van der Waals surface area contributed by atoms with Crippen molar-refractivity contribution in [2.45, 2.75) is 6.92 Å². The minimum atomic E-state index is 1.03. The minimum absolute atomic E-state index is 1.03. The Morgan fingerprint density at radius 1 is 1.05 bits per heavy atom. The molecule has 1 saturated heterocycles. The lowest BCUT2D eigenvalue weighted by Crippen LogP contribution is -2.43. The molecule has 0 saturated carbocycles. The lowest BCUT2D eigenvalue weighted by atomic mass is 10.1. The Labute approximate surface area is 130 Å². The zero-order valence-corrected chi connectivity index (χ0v) is 12.8. The van der Waals surface area contributed by atoms with Gasteiger partial charge >= 0.3 is 0 Å². The van der Waals surface area contributed by atoms with E-state index in [-0.39, 0.29) is 0 Å². The van der Waals surface area contributed by atoms with Gasteiger partial charge in [0, 0.05) is 49.8 Å². The average Bonchev–Trinajstić information content (AvgIpc) is 3.02. The number of fused-ring (bicyclic) bond motifs is 1. The molecule has 0 radical (unpaired) electrons. The van der Waals surface area contributed by atoms with Gasteiger partial charge in [0.25, 0.3) is 0 Å². The summed E-state index contributed by atoms with van der Waals surface area (Å²) in [6.45, 7) is 6.38. The summed E-state index contributed by atoms with van der Waals surface area (Å²) in [6.07, 6.45) is 4.15. The van der Waals surface area contributed by atoms with E-state index < -0.39 is 0 Å². The third kappa shape index (κ3) is 2.35. The molecule has 22 heavy (non-hydrogen) atoms. The highest BCUT2D eigenvalue weighted by Crippen LogP contribution is 2.24. The summed E-state index contributed by atoms with van der Waals surface area (Å²) in [5.41, 5.74) is 5.73. The van der Waals surface area contributed by atoms with Gasteiger partial charge in [-0.15, -0.1) is 0 Å². The minimum Gasteiger partial charge on any atom is -0.369 e. The second kappa shape index (κ2) is 5.46. The van der Waals surface area contributed by atoms with Gasteiger partial charge in [-0.2, -0.15) is 0 Å². The molecule has 1 aliphatic heterocycles. The van der Waals surface area contributed by atoms with E-state index in [0.717, 1.165) is 37.5 Å². The normalized spacial score (nSPS) is 15.4. The van der Waals surface area contributed by atoms with E-state index in [1.54, 1.807) is 0 Å². The van der Waals surface area contributed by atoms with Crippen molar-refractivity contribution in [3.63, 3.8) is 0 Å².